The van der Waals surface area contributed by atoms with Crippen LogP contribution in [0.4, 0.5) is 0 Å². The van der Waals surface area contributed by atoms with Crippen molar-refractivity contribution in [1.29, 1.82) is 0 Å². The molecular weight excluding hydrogens is 440 g/mol. The van der Waals surface area contributed by atoms with Crippen LogP contribution < -0.4 is 0 Å². The predicted octanol–water partition coefficient (Wildman–Crippen LogP) is 6.52. The average molecular weight is 477 g/mol. The van der Waals surface area contributed by atoms with Gasteiger partial charge in [-0.1, -0.05) is 82.6 Å². The first-order valence-electron chi connectivity index (χ1n) is 12.0. The first-order chi connectivity index (χ1) is 16.3. The van der Waals surface area contributed by atoms with Crippen LogP contribution in [-0.2, 0) is 23.3 Å². The van der Waals surface area contributed by atoms with Gasteiger partial charge in [0.2, 0.25) is 5.91 Å². The van der Waals surface area contributed by atoms with Crippen LogP contribution >= 0.6 is 11.3 Å². The number of rotatable bonds is 10. The normalized spacial score (nSPS) is 11.3. The fraction of sp³-hybridized carbons (Fsp3) is 0.379. The summed E-state index contributed by atoms with van der Waals surface area (Å²) in [5.41, 5.74) is 2.92. The summed E-state index contributed by atoms with van der Waals surface area (Å²) in [4.78, 5) is 31.6. The lowest BCUT2D eigenvalue weighted by Gasteiger charge is -2.28. The van der Waals surface area contributed by atoms with Crippen LogP contribution in [0.5, 0.6) is 0 Å². The molecule has 0 saturated carbocycles. The van der Waals surface area contributed by atoms with E-state index in [9.17, 15) is 9.59 Å². The number of unbranched alkanes of at least 4 members (excludes halogenated alkanes) is 1. The molecule has 0 N–H and O–H groups in total. The minimum Gasteiger partial charge on any atom is -0.332 e. The number of carbonyl (C=O) groups is 2. The van der Waals surface area contributed by atoms with Gasteiger partial charge in [-0.25, -0.2) is 0 Å². The molecule has 3 rings (SSSR count). The summed E-state index contributed by atoms with van der Waals surface area (Å²) in [7, 11) is 0. The van der Waals surface area contributed by atoms with Crippen molar-refractivity contribution in [2.45, 2.75) is 59.0 Å². The number of benzene rings is 2. The van der Waals surface area contributed by atoms with Gasteiger partial charge in [0.25, 0.3) is 5.91 Å². The van der Waals surface area contributed by atoms with Crippen molar-refractivity contribution in [1.82, 2.24) is 9.80 Å². The molecule has 0 radical (unpaired) electrons. The third-order valence-electron chi connectivity index (χ3n) is 5.89. The molecule has 0 aliphatic carbocycles. The molecule has 34 heavy (non-hydrogen) atoms. The molecule has 0 aliphatic rings. The smallest absolute Gasteiger partial charge is 0.254 e. The van der Waals surface area contributed by atoms with Crippen molar-refractivity contribution in [2.24, 2.45) is 0 Å². The number of nitrogens with zero attached hydrogens (tertiary/aromatic N) is 2. The molecule has 0 spiro atoms. The third kappa shape index (κ3) is 7.29. The molecule has 0 aliphatic heterocycles. The van der Waals surface area contributed by atoms with Crippen molar-refractivity contribution in [3.05, 3.63) is 93.7 Å². The summed E-state index contributed by atoms with van der Waals surface area (Å²) >= 11 is 1.64. The van der Waals surface area contributed by atoms with E-state index in [1.54, 1.807) is 16.2 Å². The van der Waals surface area contributed by atoms with Gasteiger partial charge in [0.05, 0.1) is 6.54 Å². The lowest BCUT2D eigenvalue weighted by atomic mass is 9.86. The maximum atomic E-state index is 13.5. The lowest BCUT2D eigenvalue weighted by molar-refractivity contribution is -0.133. The Kier molecular flexibility index (Phi) is 9.05. The van der Waals surface area contributed by atoms with E-state index in [1.165, 1.54) is 5.56 Å². The van der Waals surface area contributed by atoms with Crippen LogP contribution in [0.2, 0.25) is 0 Å². The van der Waals surface area contributed by atoms with Gasteiger partial charge in [0.1, 0.15) is 6.54 Å². The molecule has 2 amide bonds. The first-order valence-corrected chi connectivity index (χ1v) is 12.9. The van der Waals surface area contributed by atoms with Gasteiger partial charge in [-0.05, 0) is 46.5 Å². The van der Waals surface area contributed by atoms with Crippen molar-refractivity contribution < 1.29 is 9.59 Å². The average Bonchev–Trinajstić information content (AvgIpc) is 3.34. The van der Waals surface area contributed by atoms with Crippen LogP contribution in [0.1, 0.15) is 66.9 Å². The highest BCUT2D eigenvalue weighted by molar-refractivity contribution is 7.09. The van der Waals surface area contributed by atoms with Crippen molar-refractivity contribution >= 4 is 23.2 Å². The fourth-order valence-electron chi connectivity index (χ4n) is 3.79. The summed E-state index contributed by atoms with van der Waals surface area (Å²) in [6, 6.07) is 21.9. The Hall–Kier alpha value is -2.92. The molecule has 0 atom stereocenters. The van der Waals surface area contributed by atoms with Gasteiger partial charge in [0, 0.05) is 23.5 Å². The second-order valence-corrected chi connectivity index (χ2v) is 10.8. The van der Waals surface area contributed by atoms with Gasteiger partial charge < -0.3 is 9.80 Å². The second-order valence-electron chi connectivity index (χ2n) is 9.72. The number of hydrogen-bond acceptors (Lipinski definition) is 3. The maximum Gasteiger partial charge on any atom is 0.254 e. The lowest BCUT2D eigenvalue weighted by Crippen LogP contribution is -2.42. The molecule has 0 saturated heterocycles. The van der Waals surface area contributed by atoms with Gasteiger partial charge >= 0.3 is 0 Å². The van der Waals surface area contributed by atoms with E-state index < -0.39 is 0 Å². The zero-order valence-corrected chi connectivity index (χ0v) is 21.6. The zero-order chi connectivity index (χ0) is 24.6. The topological polar surface area (TPSA) is 40.6 Å². The van der Waals surface area contributed by atoms with Gasteiger partial charge in [-0.3, -0.25) is 9.59 Å². The summed E-state index contributed by atoms with van der Waals surface area (Å²) < 4.78 is 0. The minimum atomic E-state index is -0.0851. The molecule has 180 valence electrons. The van der Waals surface area contributed by atoms with Crippen molar-refractivity contribution in [2.75, 3.05) is 13.1 Å². The number of amides is 2. The van der Waals surface area contributed by atoms with E-state index in [0.717, 1.165) is 23.3 Å². The third-order valence-corrected chi connectivity index (χ3v) is 6.75. The summed E-state index contributed by atoms with van der Waals surface area (Å²) in [6.07, 6.45) is 1.83. The Labute approximate surface area is 208 Å². The monoisotopic (exact) mass is 476 g/mol. The van der Waals surface area contributed by atoms with E-state index in [0.29, 0.717) is 25.2 Å². The highest BCUT2D eigenvalue weighted by atomic mass is 32.1. The van der Waals surface area contributed by atoms with Gasteiger partial charge in [-0.15, -0.1) is 11.3 Å². The van der Waals surface area contributed by atoms with Crippen LogP contribution in [0.3, 0.4) is 0 Å². The Bertz CT molecular complexity index is 1040. The predicted molar refractivity (Wildman–Crippen MR) is 141 cm³/mol. The summed E-state index contributed by atoms with van der Waals surface area (Å²) in [5.74, 6) is -0.119. The molecule has 0 unspecified atom stereocenters. The number of carbonyl (C=O) groups excluding carboxylic acids is 2. The number of thiophene rings is 1. The molecule has 5 heteroatoms. The van der Waals surface area contributed by atoms with Crippen LogP contribution in [0.25, 0.3) is 0 Å². The molecular formula is C29H36N2O2S. The molecule has 0 bridgehead atoms. The molecule has 2 aromatic carbocycles. The van der Waals surface area contributed by atoms with E-state index in [4.69, 9.17) is 0 Å². The second kappa shape index (κ2) is 12.0. The van der Waals surface area contributed by atoms with E-state index >= 15 is 0 Å². The molecule has 1 aromatic heterocycles. The molecule has 0 fully saturated rings. The van der Waals surface area contributed by atoms with Crippen LogP contribution in [-0.4, -0.2) is 34.7 Å². The van der Waals surface area contributed by atoms with Crippen LogP contribution in [0.15, 0.2) is 72.1 Å². The Morgan fingerprint density at radius 1 is 0.853 bits per heavy atom. The van der Waals surface area contributed by atoms with Gasteiger partial charge in [0.15, 0.2) is 0 Å². The Morgan fingerprint density at radius 3 is 2.15 bits per heavy atom. The Balaban J connectivity index is 1.78. The van der Waals surface area contributed by atoms with Crippen molar-refractivity contribution in [3.63, 3.8) is 0 Å². The largest absolute Gasteiger partial charge is 0.332 e. The zero-order valence-electron chi connectivity index (χ0n) is 20.8. The fourth-order valence-corrected chi connectivity index (χ4v) is 4.51. The van der Waals surface area contributed by atoms with Crippen LogP contribution in [0, 0.1) is 0 Å². The van der Waals surface area contributed by atoms with E-state index in [-0.39, 0.29) is 23.8 Å². The molecule has 4 nitrogen and oxygen atoms in total. The standard InChI is InChI=1S/C29H36N2O2S/c1-5-6-18-30(28(33)24-14-16-25(17-15-24)29(2,3)4)22-27(32)31(21-26-13-10-19-34-26)20-23-11-8-7-9-12-23/h7-17,19H,5-6,18,20-22H2,1-4H3. The number of hydrogen-bond donors (Lipinski definition) is 0. The van der Waals surface area contributed by atoms with Crippen molar-refractivity contribution in [3.8, 4) is 0 Å². The maximum absolute atomic E-state index is 13.5. The Morgan fingerprint density at radius 2 is 1.56 bits per heavy atom. The van der Waals surface area contributed by atoms with E-state index in [1.807, 2.05) is 77.0 Å². The first kappa shape index (κ1) is 25.7. The van der Waals surface area contributed by atoms with E-state index in [2.05, 4.69) is 27.7 Å². The summed E-state index contributed by atoms with van der Waals surface area (Å²) in [5, 5.41) is 2.03. The minimum absolute atomic E-state index is 0.0270. The quantitative estimate of drug-likeness (QED) is 0.334. The SMILES string of the molecule is CCCCN(CC(=O)N(Cc1ccccc1)Cc1cccs1)C(=O)c1ccc(C(C)(C)C)cc1. The summed E-state index contributed by atoms with van der Waals surface area (Å²) in [6.45, 7) is 10.3. The molecule has 3 aromatic rings. The molecule has 1 heterocycles. The van der Waals surface area contributed by atoms with Gasteiger partial charge in [-0.2, -0.15) is 0 Å². The highest BCUT2D eigenvalue weighted by Crippen LogP contribution is 2.23. The highest BCUT2D eigenvalue weighted by Gasteiger charge is 2.23.